The minimum atomic E-state index is -0.883. The predicted molar refractivity (Wildman–Crippen MR) is 146 cm³/mol. The van der Waals surface area contributed by atoms with E-state index in [0.29, 0.717) is 20.7 Å². The molecule has 0 aromatic heterocycles. The molecule has 0 atom stereocenters. The summed E-state index contributed by atoms with van der Waals surface area (Å²) in [5.74, 6) is -1.52. The van der Waals surface area contributed by atoms with E-state index in [-0.39, 0.29) is 35.3 Å². The Morgan fingerprint density at radius 3 is 2.58 bits per heavy atom. The minimum Gasteiger partial charge on any atom is -0.493 e. The van der Waals surface area contributed by atoms with Crippen molar-refractivity contribution in [2.24, 2.45) is 0 Å². The summed E-state index contributed by atoms with van der Waals surface area (Å²) in [5, 5.41) is 5.27. The number of carbonyl (C=O) groups excluding carboxylic acids is 4. The molecule has 1 aliphatic rings. The third-order valence-electron chi connectivity index (χ3n) is 5.50. The van der Waals surface area contributed by atoms with Crippen LogP contribution < -0.4 is 25.0 Å². The Bertz CT molecular complexity index is 1490. The van der Waals surface area contributed by atoms with E-state index in [1.54, 1.807) is 24.3 Å². The number of hydrogen-bond acceptors (Lipinski definition) is 6. The van der Waals surface area contributed by atoms with E-state index < -0.39 is 17.8 Å². The maximum atomic E-state index is 13.1. The van der Waals surface area contributed by atoms with Crippen molar-refractivity contribution in [3.63, 3.8) is 0 Å². The molecule has 0 radical (unpaired) electrons. The van der Waals surface area contributed by atoms with E-state index >= 15 is 0 Å². The molecule has 0 bridgehead atoms. The average Bonchev–Trinajstić information content (AvgIpc) is 2.87. The number of amides is 5. The first-order chi connectivity index (χ1) is 18.2. The van der Waals surface area contributed by atoms with Crippen LogP contribution in [0.3, 0.4) is 0 Å². The number of rotatable bonds is 7. The quantitative estimate of drug-likeness (QED) is 0.289. The molecule has 9 nitrogen and oxygen atoms in total. The van der Waals surface area contributed by atoms with Crippen LogP contribution in [0.4, 0.5) is 16.2 Å². The maximum absolute atomic E-state index is 13.1. The fourth-order valence-corrected chi connectivity index (χ4v) is 4.43. The molecule has 1 saturated heterocycles. The van der Waals surface area contributed by atoms with Gasteiger partial charge in [0.1, 0.15) is 5.57 Å². The first-order valence-corrected chi connectivity index (χ1v) is 12.4. The van der Waals surface area contributed by atoms with Crippen LogP contribution in [0.1, 0.15) is 11.1 Å². The van der Waals surface area contributed by atoms with Gasteiger partial charge in [-0.2, -0.15) is 0 Å². The van der Waals surface area contributed by atoms with Crippen molar-refractivity contribution >= 4 is 68.7 Å². The summed E-state index contributed by atoms with van der Waals surface area (Å²) >= 11 is 9.40. The predicted octanol–water partition coefficient (Wildman–Crippen LogP) is 5.10. The van der Waals surface area contributed by atoms with Gasteiger partial charge in [-0.15, -0.1) is 0 Å². The molecule has 1 fully saturated rings. The zero-order valence-electron chi connectivity index (χ0n) is 20.2. The maximum Gasteiger partial charge on any atom is 0.335 e. The molecular weight excluding hydrogens is 578 g/mol. The number of nitrogens with one attached hydrogen (secondary N) is 2. The summed E-state index contributed by atoms with van der Waals surface area (Å²) in [6.07, 6.45) is 1.32. The van der Waals surface area contributed by atoms with Crippen molar-refractivity contribution in [2.75, 3.05) is 23.9 Å². The molecule has 3 aromatic carbocycles. The zero-order valence-corrected chi connectivity index (χ0v) is 22.6. The van der Waals surface area contributed by atoms with Crippen LogP contribution in [0.2, 0.25) is 5.02 Å². The van der Waals surface area contributed by atoms with Crippen LogP contribution in [0.25, 0.3) is 6.08 Å². The summed E-state index contributed by atoms with van der Waals surface area (Å²) in [6, 6.07) is 15.7. The lowest BCUT2D eigenvalue weighted by Crippen LogP contribution is -2.54. The third kappa shape index (κ3) is 5.87. The van der Waals surface area contributed by atoms with Gasteiger partial charge in [0, 0.05) is 10.7 Å². The number of para-hydroxylation sites is 1. The number of ether oxygens (including phenoxy) is 2. The summed E-state index contributed by atoms with van der Waals surface area (Å²) in [5.41, 5.74) is 1.93. The number of urea groups is 1. The molecule has 5 amide bonds. The van der Waals surface area contributed by atoms with E-state index in [1.165, 1.54) is 31.4 Å². The van der Waals surface area contributed by atoms with Crippen molar-refractivity contribution in [2.45, 2.75) is 6.92 Å². The van der Waals surface area contributed by atoms with Crippen LogP contribution in [-0.4, -0.2) is 37.5 Å². The number of aryl methyl sites for hydroxylation is 1. The van der Waals surface area contributed by atoms with E-state index in [4.69, 9.17) is 21.1 Å². The number of carbonyl (C=O) groups is 4. The van der Waals surface area contributed by atoms with Gasteiger partial charge in [0.2, 0.25) is 0 Å². The second-order valence-corrected chi connectivity index (χ2v) is 9.41. The SMILES string of the molecule is COc1cc(/C=C2\C(=O)NC(=O)N(c3cccc(Cl)c3)C2=O)cc(Br)c1OCC(=O)Nc1ccccc1C. The van der Waals surface area contributed by atoms with Gasteiger partial charge >= 0.3 is 6.03 Å². The molecular formula is C27H21BrClN3O6. The summed E-state index contributed by atoms with van der Waals surface area (Å²) < 4.78 is 11.5. The van der Waals surface area contributed by atoms with E-state index in [0.717, 1.165) is 10.5 Å². The van der Waals surface area contributed by atoms with Gasteiger partial charge in [-0.3, -0.25) is 19.7 Å². The van der Waals surface area contributed by atoms with Gasteiger partial charge in [0.05, 0.1) is 17.3 Å². The van der Waals surface area contributed by atoms with Gasteiger partial charge in [-0.1, -0.05) is 35.9 Å². The molecule has 1 aliphatic heterocycles. The van der Waals surface area contributed by atoms with Crippen molar-refractivity contribution in [1.29, 1.82) is 0 Å². The van der Waals surface area contributed by atoms with Crippen molar-refractivity contribution in [3.05, 3.63) is 86.9 Å². The van der Waals surface area contributed by atoms with Gasteiger partial charge in [0.25, 0.3) is 17.7 Å². The van der Waals surface area contributed by atoms with Gasteiger partial charge in [0.15, 0.2) is 18.1 Å². The fraction of sp³-hybridized carbons (Fsp3) is 0.111. The lowest BCUT2D eigenvalue weighted by molar-refractivity contribution is -0.122. The van der Waals surface area contributed by atoms with Gasteiger partial charge < -0.3 is 14.8 Å². The lowest BCUT2D eigenvalue weighted by Gasteiger charge is -2.26. The Balaban J connectivity index is 1.57. The first-order valence-electron chi connectivity index (χ1n) is 11.2. The van der Waals surface area contributed by atoms with Gasteiger partial charge in [-0.25, -0.2) is 9.69 Å². The number of halogens is 2. The van der Waals surface area contributed by atoms with Crippen LogP contribution in [0, 0.1) is 6.92 Å². The van der Waals surface area contributed by atoms with Crippen molar-refractivity contribution in [1.82, 2.24) is 5.32 Å². The Morgan fingerprint density at radius 1 is 1.11 bits per heavy atom. The van der Waals surface area contributed by atoms with Gasteiger partial charge in [-0.05, 0) is 76.5 Å². The smallest absolute Gasteiger partial charge is 0.335 e. The molecule has 3 aromatic rings. The number of anilines is 2. The Morgan fingerprint density at radius 2 is 1.87 bits per heavy atom. The molecule has 194 valence electrons. The zero-order chi connectivity index (χ0) is 27.4. The number of methoxy groups -OCH3 is 1. The highest BCUT2D eigenvalue weighted by molar-refractivity contribution is 9.10. The second-order valence-electron chi connectivity index (χ2n) is 8.12. The average molecular weight is 599 g/mol. The topological polar surface area (TPSA) is 114 Å². The molecule has 2 N–H and O–H groups in total. The first kappa shape index (κ1) is 26.9. The normalized spacial score (nSPS) is 14.4. The Hall–Kier alpha value is -4.15. The largest absolute Gasteiger partial charge is 0.493 e. The summed E-state index contributed by atoms with van der Waals surface area (Å²) in [4.78, 5) is 51.3. The van der Waals surface area contributed by atoms with Crippen molar-refractivity contribution < 1.29 is 28.7 Å². The van der Waals surface area contributed by atoms with Crippen LogP contribution in [-0.2, 0) is 14.4 Å². The van der Waals surface area contributed by atoms with Crippen LogP contribution >= 0.6 is 27.5 Å². The minimum absolute atomic E-state index is 0.213. The lowest BCUT2D eigenvalue weighted by atomic mass is 10.1. The molecule has 0 aliphatic carbocycles. The standard InChI is InChI=1S/C27H21BrClN3O6/c1-15-6-3-4-9-21(15)30-23(33)14-38-24-20(28)11-16(12-22(24)37-2)10-19-25(34)31-27(36)32(26(19)35)18-8-5-7-17(29)13-18/h3-13H,14H2,1-2H3,(H,30,33)(H,31,34,36)/b19-10+. The third-order valence-corrected chi connectivity index (χ3v) is 6.32. The number of nitrogens with zero attached hydrogens (tertiary/aromatic N) is 1. The molecule has 4 rings (SSSR count). The highest BCUT2D eigenvalue weighted by atomic mass is 79.9. The summed E-state index contributed by atoms with van der Waals surface area (Å²) in [6.45, 7) is 1.59. The fourth-order valence-electron chi connectivity index (χ4n) is 3.67. The number of barbiturate groups is 1. The number of hydrogen-bond donors (Lipinski definition) is 2. The van der Waals surface area contributed by atoms with Crippen molar-refractivity contribution in [3.8, 4) is 11.5 Å². The number of imide groups is 2. The molecule has 0 saturated carbocycles. The van der Waals surface area contributed by atoms with E-state index in [2.05, 4.69) is 26.6 Å². The molecule has 38 heavy (non-hydrogen) atoms. The number of benzene rings is 3. The molecule has 0 spiro atoms. The monoisotopic (exact) mass is 597 g/mol. The summed E-state index contributed by atoms with van der Waals surface area (Å²) in [7, 11) is 1.41. The molecule has 0 unspecified atom stereocenters. The van der Waals surface area contributed by atoms with Crippen LogP contribution in [0.15, 0.2) is 70.7 Å². The highest BCUT2D eigenvalue weighted by Crippen LogP contribution is 2.37. The highest BCUT2D eigenvalue weighted by Gasteiger charge is 2.37. The Kier molecular flexibility index (Phi) is 8.13. The van der Waals surface area contributed by atoms with Crippen LogP contribution in [0.5, 0.6) is 11.5 Å². The molecule has 11 heteroatoms. The van der Waals surface area contributed by atoms with E-state index in [1.807, 2.05) is 25.1 Å². The van der Waals surface area contributed by atoms with E-state index in [9.17, 15) is 19.2 Å². The second kappa shape index (κ2) is 11.5. The Labute approximate surface area is 231 Å². The molecule has 1 heterocycles.